The Morgan fingerprint density at radius 2 is 1.57 bits per heavy atom. The van der Waals surface area contributed by atoms with Crippen LogP contribution in [0.1, 0.15) is 27.7 Å². The third-order valence-corrected chi connectivity index (χ3v) is 12.7. The molecule has 1 rings (SSSR count). The summed E-state index contributed by atoms with van der Waals surface area (Å²) < 4.78 is 8.76. The van der Waals surface area contributed by atoms with Gasteiger partial charge in [0.2, 0.25) is 0 Å². The lowest BCUT2D eigenvalue weighted by Crippen LogP contribution is -2.57. The minimum absolute atomic E-state index is 0.237. The van der Waals surface area contributed by atoms with Crippen molar-refractivity contribution in [1.29, 1.82) is 0 Å². The number of nitrogens with zero attached hydrogens (tertiary/aromatic N) is 1. The molecule has 0 aliphatic carbocycles. The molecule has 0 fully saturated rings. The molecule has 0 amide bonds. The summed E-state index contributed by atoms with van der Waals surface area (Å²) in [6, 6.07) is 10.8. The molecule has 0 bridgehead atoms. The van der Waals surface area contributed by atoms with Gasteiger partial charge >= 0.3 is 0 Å². The second-order valence-electron chi connectivity index (χ2n) is 7.69. The highest BCUT2D eigenvalue weighted by molar-refractivity contribution is 6.87. The Balaban J connectivity index is 2.85. The first kappa shape index (κ1) is 18.6. The van der Waals surface area contributed by atoms with Crippen LogP contribution in [0.2, 0.25) is 31.2 Å². The molecule has 1 aromatic carbocycles. The molecule has 0 N–H and O–H groups in total. The third kappa shape index (κ3) is 4.52. The Labute approximate surface area is 133 Å². The van der Waals surface area contributed by atoms with Gasteiger partial charge in [-0.25, -0.2) is 0 Å². The van der Waals surface area contributed by atoms with Crippen LogP contribution in [0.25, 0.3) is 0 Å². The van der Waals surface area contributed by atoms with Crippen LogP contribution in [-0.4, -0.2) is 27.7 Å². The number of rotatable bonds is 6. The Kier molecular flexibility index (Phi) is 6.01. The van der Waals surface area contributed by atoms with Crippen LogP contribution in [0.3, 0.4) is 0 Å². The fourth-order valence-corrected chi connectivity index (χ4v) is 5.28. The summed E-state index contributed by atoms with van der Waals surface area (Å²) in [5, 5.41) is 1.68. The van der Waals surface area contributed by atoms with Crippen molar-refractivity contribution in [3.63, 3.8) is 0 Å². The van der Waals surface area contributed by atoms with Crippen LogP contribution in [0.15, 0.2) is 30.3 Å². The SMILES string of the molecule is CCN([CH]O[Si](C)(C)C(C)(C)C)[Si](C)(C)c1ccccc1. The van der Waals surface area contributed by atoms with Crippen LogP contribution in [0.4, 0.5) is 0 Å². The zero-order chi connectivity index (χ0) is 16.3. The highest BCUT2D eigenvalue weighted by Crippen LogP contribution is 2.37. The van der Waals surface area contributed by atoms with E-state index in [2.05, 4.69) is 88.8 Å². The number of hydrogen-bond acceptors (Lipinski definition) is 2. The second-order valence-corrected chi connectivity index (χ2v) is 16.7. The van der Waals surface area contributed by atoms with Crippen LogP contribution in [0.5, 0.6) is 0 Å². The topological polar surface area (TPSA) is 12.5 Å². The molecule has 0 aliphatic rings. The van der Waals surface area contributed by atoms with E-state index in [0.717, 1.165) is 6.54 Å². The molecule has 0 unspecified atom stereocenters. The van der Waals surface area contributed by atoms with Gasteiger partial charge in [0, 0.05) is 0 Å². The van der Waals surface area contributed by atoms with Crippen molar-refractivity contribution in [3.05, 3.63) is 37.1 Å². The maximum absolute atomic E-state index is 6.33. The van der Waals surface area contributed by atoms with E-state index >= 15 is 0 Å². The van der Waals surface area contributed by atoms with E-state index in [-0.39, 0.29) is 5.04 Å². The Morgan fingerprint density at radius 1 is 1.05 bits per heavy atom. The highest BCUT2D eigenvalue weighted by Gasteiger charge is 2.39. The summed E-state index contributed by atoms with van der Waals surface area (Å²) >= 11 is 0. The molecule has 0 aliphatic heterocycles. The molecule has 0 saturated heterocycles. The largest absolute Gasteiger partial charge is 0.398 e. The molecule has 119 valence electrons. The lowest BCUT2D eigenvalue weighted by Gasteiger charge is -2.41. The molecular formula is C17H32NOSi2. The van der Waals surface area contributed by atoms with Gasteiger partial charge < -0.3 is 4.43 Å². The minimum Gasteiger partial charge on any atom is -0.398 e. The van der Waals surface area contributed by atoms with Crippen molar-refractivity contribution < 1.29 is 4.43 Å². The van der Waals surface area contributed by atoms with E-state index in [1.54, 1.807) is 0 Å². The molecule has 2 nitrogen and oxygen atoms in total. The van der Waals surface area contributed by atoms with Gasteiger partial charge in [0.25, 0.3) is 0 Å². The smallest absolute Gasteiger partial charge is 0.194 e. The molecule has 0 heterocycles. The molecule has 1 aromatic rings. The average Bonchev–Trinajstić information content (AvgIpc) is 2.38. The minimum atomic E-state index is -1.74. The predicted octanol–water partition coefficient (Wildman–Crippen LogP) is 4.56. The van der Waals surface area contributed by atoms with Gasteiger partial charge in [-0.05, 0) is 29.9 Å². The van der Waals surface area contributed by atoms with Crippen molar-refractivity contribution in [1.82, 2.24) is 4.57 Å². The van der Waals surface area contributed by atoms with E-state index < -0.39 is 16.6 Å². The maximum atomic E-state index is 6.33. The summed E-state index contributed by atoms with van der Waals surface area (Å²) in [6.07, 6.45) is 0. The van der Waals surface area contributed by atoms with Crippen LogP contribution in [-0.2, 0) is 4.43 Å². The number of benzene rings is 1. The van der Waals surface area contributed by atoms with Gasteiger partial charge in [0.1, 0.15) is 6.73 Å². The summed E-state index contributed by atoms with van der Waals surface area (Å²) in [5.74, 6) is 0. The van der Waals surface area contributed by atoms with Gasteiger partial charge in [-0.3, -0.25) is 4.57 Å². The summed E-state index contributed by atoms with van der Waals surface area (Å²) in [6.45, 7) is 21.5. The van der Waals surface area contributed by atoms with Crippen LogP contribution in [0, 0.1) is 6.73 Å². The van der Waals surface area contributed by atoms with Crippen molar-refractivity contribution in [2.24, 2.45) is 0 Å². The molecule has 1 radical (unpaired) electrons. The second kappa shape index (κ2) is 6.77. The molecule has 21 heavy (non-hydrogen) atoms. The molecule has 0 spiro atoms. The van der Waals surface area contributed by atoms with Gasteiger partial charge in [0.15, 0.2) is 16.6 Å². The average molecular weight is 323 g/mol. The maximum Gasteiger partial charge on any atom is 0.194 e. The summed E-state index contributed by atoms with van der Waals surface area (Å²) in [5.41, 5.74) is 0. The van der Waals surface area contributed by atoms with Crippen molar-refractivity contribution >= 4 is 21.7 Å². The third-order valence-electron chi connectivity index (χ3n) is 4.82. The zero-order valence-electron chi connectivity index (χ0n) is 15.0. The molecular weight excluding hydrogens is 290 g/mol. The van der Waals surface area contributed by atoms with Gasteiger partial charge in [-0.1, -0.05) is 71.1 Å². The first-order valence-corrected chi connectivity index (χ1v) is 13.7. The predicted molar refractivity (Wildman–Crippen MR) is 98.5 cm³/mol. The van der Waals surface area contributed by atoms with E-state index in [0.29, 0.717) is 0 Å². The van der Waals surface area contributed by atoms with Crippen LogP contribution < -0.4 is 5.19 Å². The quantitative estimate of drug-likeness (QED) is 0.712. The zero-order valence-corrected chi connectivity index (χ0v) is 17.0. The number of hydrogen-bond donors (Lipinski definition) is 0. The molecule has 0 aromatic heterocycles. The van der Waals surface area contributed by atoms with Crippen molar-refractivity contribution in [3.8, 4) is 0 Å². The normalized spacial score (nSPS) is 13.8. The Hall–Kier alpha value is -0.426. The van der Waals surface area contributed by atoms with E-state index in [4.69, 9.17) is 4.43 Å². The molecule has 0 atom stereocenters. The van der Waals surface area contributed by atoms with Gasteiger partial charge in [-0.2, -0.15) is 0 Å². The monoisotopic (exact) mass is 322 g/mol. The summed E-state index contributed by atoms with van der Waals surface area (Å²) in [4.78, 5) is 0. The lowest BCUT2D eigenvalue weighted by molar-refractivity contribution is 0.266. The fraction of sp³-hybridized carbons (Fsp3) is 0.588. The van der Waals surface area contributed by atoms with Crippen LogP contribution >= 0.6 is 0 Å². The van der Waals surface area contributed by atoms with Crippen molar-refractivity contribution in [2.75, 3.05) is 6.54 Å². The summed E-state index contributed by atoms with van der Waals surface area (Å²) in [7, 11) is -3.43. The first-order valence-electron chi connectivity index (χ1n) is 7.86. The lowest BCUT2D eigenvalue weighted by atomic mass is 10.2. The van der Waals surface area contributed by atoms with Crippen molar-refractivity contribution in [2.45, 2.75) is 58.9 Å². The first-order chi connectivity index (χ1) is 9.52. The standard InChI is InChI=1S/C17H32NOSi2/c1-9-18(15-19-21(7,8)17(2,3)4)20(5,6)16-13-11-10-12-14-16/h10-15H,9H2,1-8H3. The van der Waals surface area contributed by atoms with E-state index in [1.807, 2.05) is 6.73 Å². The van der Waals surface area contributed by atoms with E-state index in [1.165, 1.54) is 5.19 Å². The molecule has 4 heteroatoms. The highest BCUT2D eigenvalue weighted by atomic mass is 28.4. The molecule has 0 saturated carbocycles. The van der Waals surface area contributed by atoms with Gasteiger partial charge in [0.05, 0.1) is 0 Å². The Morgan fingerprint density at radius 3 is 2.00 bits per heavy atom. The van der Waals surface area contributed by atoms with Gasteiger partial charge in [-0.15, -0.1) is 0 Å². The Bertz CT molecular complexity index is 438. The van der Waals surface area contributed by atoms with E-state index in [9.17, 15) is 0 Å². The fourth-order valence-electron chi connectivity index (χ4n) is 1.99.